The Bertz CT molecular complexity index is 1030. The fourth-order valence-electron chi connectivity index (χ4n) is 3.40. The van der Waals surface area contributed by atoms with Crippen LogP contribution in [-0.2, 0) is 11.2 Å². The first-order valence-electron chi connectivity index (χ1n) is 9.39. The summed E-state index contributed by atoms with van der Waals surface area (Å²) in [5, 5.41) is 7.51. The highest BCUT2D eigenvalue weighted by Crippen LogP contribution is 2.31. The summed E-state index contributed by atoms with van der Waals surface area (Å²) in [5.41, 5.74) is 2.62. The monoisotopic (exact) mass is 393 g/mol. The molecule has 1 aliphatic heterocycles. The third-order valence-corrected chi connectivity index (χ3v) is 4.94. The van der Waals surface area contributed by atoms with Gasteiger partial charge >= 0.3 is 0 Å². The lowest BCUT2D eigenvalue weighted by atomic mass is 9.96. The average molecular weight is 393 g/mol. The zero-order chi connectivity index (χ0) is 20.4. The topological polar surface area (TPSA) is 74.6 Å². The lowest BCUT2D eigenvalue weighted by molar-refractivity contribution is -0.121. The summed E-state index contributed by atoms with van der Waals surface area (Å²) >= 11 is 0. The zero-order valence-corrected chi connectivity index (χ0v) is 16.6. The molecule has 1 aromatic heterocycles. The van der Waals surface area contributed by atoms with Gasteiger partial charge in [0.25, 0.3) is 0 Å². The Morgan fingerprint density at radius 3 is 2.55 bits per heavy atom. The van der Waals surface area contributed by atoms with Gasteiger partial charge < -0.3 is 19.5 Å². The molecule has 0 fully saturated rings. The molecule has 1 amide bonds. The number of anilines is 1. The van der Waals surface area contributed by atoms with Gasteiger partial charge in [-0.05, 0) is 61.4 Å². The summed E-state index contributed by atoms with van der Waals surface area (Å²) in [4.78, 5) is 12.9. The molecule has 29 heavy (non-hydrogen) atoms. The standard InChI is InChI=1S/C22H23N3O4/c1-14-10-21(25(24-14)17-4-6-18(27-2)7-5-17)23-22(26)16-11-15-12-19(28-3)8-9-20(15)29-13-16/h4-10,12,16H,11,13H2,1-3H3,(H,23,26). The first kappa shape index (κ1) is 18.9. The van der Waals surface area contributed by atoms with E-state index in [-0.39, 0.29) is 11.8 Å². The van der Waals surface area contributed by atoms with Crippen LogP contribution in [-0.4, -0.2) is 36.5 Å². The Kier molecular flexibility index (Phi) is 5.12. The van der Waals surface area contributed by atoms with Crippen molar-refractivity contribution >= 4 is 11.7 Å². The van der Waals surface area contributed by atoms with E-state index in [2.05, 4.69) is 10.4 Å². The molecule has 1 atom stereocenters. The molecule has 7 nitrogen and oxygen atoms in total. The molecule has 150 valence electrons. The molecular weight excluding hydrogens is 370 g/mol. The van der Waals surface area contributed by atoms with Crippen molar-refractivity contribution in [2.24, 2.45) is 5.92 Å². The third-order valence-electron chi connectivity index (χ3n) is 4.94. The van der Waals surface area contributed by atoms with Gasteiger partial charge in [0.15, 0.2) is 0 Å². The summed E-state index contributed by atoms with van der Waals surface area (Å²) in [5.74, 6) is 2.53. The number of fused-ring (bicyclic) bond motifs is 1. The summed E-state index contributed by atoms with van der Waals surface area (Å²) in [6.07, 6.45) is 0.591. The van der Waals surface area contributed by atoms with Crippen LogP contribution in [0.1, 0.15) is 11.3 Å². The number of aromatic nitrogens is 2. The van der Waals surface area contributed by atoms with Gasteiger partial charge in [0.05, 0.1) is 31.5 Å². The van der Waals surface area contributed by atoms with Gasteiger partial charge in [-0.1, -0.05) is 0 Å². The molecule has 1 aliphatic rings. The Hall–Kier alpha value is -3.48. The first-order valence-corrected chi connectivity index (χ1v) is 9.39. The van der Waals surface area contributed by atoms with Crippen LogP contribution in [0.4, 0.5) is 5.82 Å². The number of ether oxygens (including phenoxy) is 3. The molecular formula is C22H23N3O4. The van der Waals surface area contributed by atoms with Gasteiger partial charge in [-0.15, -0.1) is 0 Å². The Morgan fingerprint density at radius 2 is 1.83 bits per heavy atom. The first-order chi connectivity index (χ1) is 14.1. The predicted molar refractivity (Wildman–Crippen MR) is 109 cm³/mol. The maximum Gasteiger partial charge on any atom is 0.232 e. The molecule has 1 unspecified atom stereocenters. The van der Waals surface area contributed by atoms with E-state index in [1.54, 1.807) is 18.9 Å². The second kappa shape index (κ2) is 7.87. The summed E-state index contributed by atoms with van der Waals surface area (Å²) in [7, 11) is 3.25. The number of carbonyl (C=O) groups is 1. The van der Waals surface area contributed by atoms with Crippen LogP contribution in [0.25, 0.3) is 5.69 Å². The Balaban J connectivity index is 1.53. The number of rotatable bonds is 5. The number of hydrogen-bond donors (Lipinski definition) is 1. The molecule has 0 spiro atoms. The molecule has 7 heteroatoms. The van der Waals surface area contributed by atoms with Crippen LogP contribution in [0, 0.1) is 12.8 Å². The van der Waals surface area contributed by atoms with Crippen LogP contribution in [0.3, 0.4) is 0 Å². The van der Waals surface area contributed by atoms with Crippen LogP contribution in [0.15, 0.2) is 48.5 Å². The van der Waals surface area contributed by atoms with E-state index in [9.17, 15) is 4.79 Å². The number of benzene rings is 2. The van der Waals surface area contributed by atoms with E-state index in [4.69, 9.17) is 14.2 Å². The van der Waals surface area contributed by atoms with E-state index < -0.39 is 0 Å². The minimum Gasteiger partial charge on any atom is -0.497 e. The maximum absolute atomic E-state index is 12.9. The van der Waals surface area contributed by atoms with Crippen molar-refractivity contribution in [3.05, 3.63) is 59.8 Å². The van der Waals surface area contributed by atoms with Gasteiger partial charge in [0.2, 0.25) is 5.91 Å². The normalized spacial score (nSPS) is 15.2. The van der Waals surface area contributed by atoms with Crippen molar-refractivity contribution < 1.29 is 19.0 Å². The molecule has 0 radical (unpaired) electrons. The van der Waals surface area contributed by atoms with Crippen molar-refractivity contribution in [1.82, 2.24) is 9.78 Å². The summed E-state index contributed by atoms with van der Waals surface area (Å²) in [6.45, 7) is 2.22. The fourth-order valence-corrected chi connectivity index (χ4v) is 3.40. The van der Waals surface area contributed by atoms with E-state index in [1.165, 1.54) is 0 Å². The maximum atomic E-state index is 12.9. The van der Waals surface area contributed by atoms with Crippen LogP contribution in [0.2, 0.25) is 0 Å². The van der Waals surface area contributed by atoms with Crippen LogP contribution < -0.4 is 19.5 Å². The second-order valence-corrected chi connectivity index (χ2v) is 6.96. The molecule has 4 rings (SSSR count). The van der Waals surface area contributed by atoms with Crippen molar-refractivity contribution in [3.8, 4) is 22.9 Å². The number of nitrogens with one attached hydrogen (secondary N) is 1. The fraction of sp³-hybridized carbons (Fsp3) is 0.273. The zero-order valence-electron chi connectivity index (χ0n) is 16.6. The van der Waals surface area contributed by atoms with Crippen molar-refractivity contribution in [2.45, 2.75) is 13.3 Å². The lowest BCUT2D eigenvalue weighted by Gasteiger charge is -2.25. The quantitative estimate of drug-likeness (QED) is 0.719. The smallest absolute Gasteiger partial charge is 0.232 e. The van der Waals surface area contributed by atoms with Gasteiger partial charge in [0.1, 0.15) is 29.7 Å². The van der Waals surface area contributed by atoms with Crippen molar-refractivity contribution in [1.29, 1.82) is 0 Å². The third kappa shape index (κ3) is 3.89. The second-order valence-electron chi connectivity index (χ2n) is 6.96. The van der Waals surface area contributed by atoms with Gasteiger partial charge in [-0.3, -0.25) is 4.79 Å². The average Bonchev–Trinajstić information content (AvgIpc) is 3.12. The number of aryl methyl sites for hydroxylation is 1. The van der Waals surface area contributed by atoms with Crippen LogP contribution >= 0.6 is 0 Å². The molecule has 0 bridgehead atoms. The van der Waals surface area contributed by atoms with Gasteiger partial charge in [-0.25, -0.2) is 4.68 Å². The highest BCUT2D eigenvalue weighted by molar-refractivity contribution is 5.92. The Labute approximate surface area is 169 Å². The molecule has 1 N–H and O–H groups in total. The minimum absolute atomic E-state index is 0.104. The molecule has 2 aromatic carbocycles. The molecule has 0 saturated carbocycles. The molecule has 2 heterocycles. The number of methoxy groups -OCH3 is 2. The van der Waals surface area contributed by atoms with Crippen LogP contribution in [0.5, 0.6) is 17.2 Å². The molecule has 0 saturated heterocycles. The number of carbonyl (C=O) groups excluding carboxylic acids is 1. The van der Waals surface area contributed by atoms with Gasteiger partial charge in [0, 0.05) is 6.07 Å². The minimum atomic E-state index is -0.297. The van der Waals surface area contributed by atoms with E-state index in [0.29, 0.717) is 18.8 Å². The van der Waals surface area contributed by atoms with Crippen molar-refractivity contribution in [3.63, 3.8) is 0 Å². The predicted octanol–water partition coefficient (Wildman–Crippen LogP) is 3.39. The van der Waals surface area contributed by atoms with Crippen molar-refractivity contribution in [2.75, 3.05) is 26.1 Å². The van der Waals surface area contributed by atoms with E-state index in [1.807, 2.05) is 55.5 Å². The SMILES string of the molecule is COc1ccc(-n2nc(C)cc2NC(=O)C2COc3ccc(OC)cc3C2)cc1. The largest absolute Gasteiger partial charge is 0.497 e. The molecule has 3 aromatic rings. The lowest BCUT2D eigenvalue weighted by Crippen LogP contribution is -2.33. The van der Waals surface area contributed by atoms with E-state index >= 15 is 0 Å². The summed E-state index contributed by atoms with van der Waals surface area (Å²) < 4.78 is 18.0. The number of amides is 1. The molecule has 0 aliphatic carbocycles. The Morgan fingerprint density at radius 1 is 1.10 bits per heavy atom. The number of hydrogen-bond acceptors (Lipinski definition) is 5. The number of nitrogens with zero attached hydrogens (tertiary/aromatic N) is 2. The highest BCUT2D eigenvalue weighted by Gasteiger charge is 2.27. The van der Waals surface area contributed by atoms with Gasteiger partial charge in [-0.2, -0.15) is 5.10 Å². The van der Waals surface area contributed by atoms with E-state index in [0.717, 1.165) is 34.2 Å². The highest BCUT2D eigenvalue weighted by atomic mass is 16.5. The summed E-state index contributed by atoms with van der Waals surface area (Å²) in [6, 6.07) is 15.0.